The van der Waals surface area contributed by atoms with Crippen molar-refractivity contribution < 1.29 is 4.74 Å². The van der Waals surface area contributed by atoms with Gasteiger partial charge in [0.25, 0.3) is 0 Å². The summed E-state index contributed by atoms with van der Waals surface area (Å²) in [7, 11) is 0. The van der Waals surface area contributed by atoms with Crippen LogP contribution in [-0.4, -0.2) is 30.1 Å². The predicted octanol–water partition coefficient (Wildman–Crippen LogP) is 3.29. The zero-order valence-corrected chi connectivity index (χ0v) is 11.9. The molecule has 1 aliphatic carbocycles. The van der Waals surface area contributed by atoms with Crippen LogP contribution in [0.1, 0.15) is 43.8 Å². The van der Waals surface area contributed by atoms with Crippen molar-refractivity contribution in [3.8, 4) is 6.07 Å². The van der Waals surface area contributed by atoms with E-state index in [1.165, 1.54) is 24.8 Å². The van der Waals surface area contributed by atoms with Gasteiger partial charge in [-0.15, -0.1) is 0 Å². The van der Waals surface area contributed by atoms with E-state index in [0.29, 0.717) is 0 Å². The molecule has 3 heteroatoms. The monoisotopic (exact) mass is 270 g/mol. The molecule has 1 saturated carbocycles. The van der Waals surface area contributed by atoms with Gasteiger partial charge in [0.2, 0.25) is 0 Å². The third-order valence-corrected chi connectivity index (χ3v) is 4.73. The summed E-state index contributed by atoms with van der Waals surface area (Å²) in [5.74, 6) is 0. The Morgan fingerprint density at radius 2 is 1.90 bits per heavy atom. The Morgan fingerprint density at radius 1 is 1.15 bits per heavy atom. The summed E-state index contributed by atoms with van der Waals surface area (Å²) in [5.41, 5.74) is 0.982. The third kappa shape index (κ3) is 2.59. The molecule has 0 N–H and O–H groups in total. The van der Waals surface area contributed by atoms with Crippen LogP contribution in [0.15, 0.2) is 30.3 Å². The number of nitrogens with zero attached hydrogens (tertiary/aromatic N) is 2. The smallest absolute Gasteiger partial charge is 0.109 e. The van der Waals surface area contributed by atoms with Crippen molar-refractivity contribution in [3.63, 3.8) is 0 Å². The lowest BCUT2D eigenvalue weighted by Gasteiger charge is -2.45. The first-order valence-electron chi connectivity index (χ1n) is 7.67. The van der Waals surface area contributed by atoms with Gasteiger partial charge >= 0.3 is 0 Å². The molecule has 1 aromatic carbocycles. The lowest BCUT2D eigenvalue weighted by atomic mass is 9.81. The van der Waals surface area contributed by atoms with Crippen molar-refractivity contribution >= 4 is 0 Å². The van der Waals surface area contributed by atoms with Crippen molar-refractivity contribution in [1.82, 2.24) is 4.90 Å². The lowest BCUT2D eigenvalue weighted by molar-refractivity contribution is -0.0661. The van der Waals surface area contributed by atoms with Crippen molar-refractivity contribution in [2.24, 2.45) is 0 Å². The maximum absolute atomic E-state index is 9.72. The van der Waals surface area contributed by atoms with E-state index in [-0.39, 0.29) is 11.6 Å². The lowest BCUT2D eigenvalue weighted by Crippen LogP contribution is -2.54. The van der Waals surface area contributed by atoms with Crippen LogP contribution in [0, 0.1) is 11.3 Å². The van der Waals surface area contributed by atoms with E-state index in [1.54, 1.807) is 0 Å². The van der Waals surface area contributed by atoms with Gasteiger partial charge in [-0.1, -0.05) is 49.6 Å². The molecule has 20 heavy (non-hydrogen) atoms. The summed E-state index contributed by atoms with van der Waals surface area (Å²) >= 11 is 0. The Bertz CT molecular complexity index is 474. The van der Waals surface area contributed by atoms with Crippen molar-refractivity contribution in [3.05, 3.63) is 35.9 Å². The molecule has 0 spiro atoms. The number of hydrogen-bond acceptors (Lipinski definition) is 3. The predicted molar refractivity (Wildman–Crippen MR) is 78.1 cm³/mol. The SMILES string of the molecule is N#CC1(N2CCOC(c3ccccc3)C2)CCCCC1. The van der Waals surface area contributed by atoms with Crippen LogP contribution in [0.5, 0.6) is 0 Å². The topological polar surface area (TPSA) is 36.3 Å². The Balaban J connectivity index is 1.76. The van der Waals surface area contributed by atoms with Gasteiger partial charge in [0, 0.05) is 13.1 Å². The molecule has 3 rings (SSSR count). The largest absolute Gasteiger partial charge is 0.371 e. The minimum Gasteiger partial charge on any atom is -0.371 e. The molecule has 3 nitrogen and oxygen atoms in total. The second-order valence-electron chi connectivity index (χ2n) is 5.92. The Hall–Kier alpha value is -1.37. The molecule has 1 atom stereocenters. The molecule has 1 saturated heterocycles. The molecule has 1 heterocycles. The van der Waals surface area contributed by atoms with Crippen LogP contribution < -0.4 is 0 Å². The van der Waals surface area contributed by atoms with E-state index in [4.69, 9.17) is 4.74 Å². The van der Waals surface area contributed by atoms with E-state index in [0.717, 1.165) is 32.5 Å². The van der Waals surface area contributed by atoms with Gasteiger partial charge in [0.1, 0.15) is 5.54 Å². The van der Waals surface area contributed by atoms with Crippen molar-refractivity contribution in [2.45, 2.75) is 43.7 Å². The summed E-state index contributed by atoms with van der Waals surface area (Å²) in [6.45, 7) is 2.46. The number of nitriles is 1. The maximum Gasteiger partial charge on any atom is 0.109 e. The van der Waals surface area contributed by atoms with Gasteiger partial charge in [0.15, 0.2) is 0 Å². The minimum absolute atomic E-state index is 0.108. The molecule has 1 aromatic rings. The quantitative estimate of drug-likeness (QED) is 0.827. The fraction of sp³-hybridized carbons (Fsp3) is 0.588. The standard InChI is InChI=1S/C17H22N2O/c18-14-17(9-5-2-6-10-17)19-11-12-20-16(13-19)15-7-3-1-4-8-15/h1,3-4,7-8,16H,2,5-6,9-13H2. The number of rotatable bonds is 2. The fourth-order valence-electron chi connectivity index (χ4n) is 3.54. The van der Waals surface area contributed by atoms with Crippen LogP contribution >= 0.6 is 0 Å². The number of ether oxygens (including phenoxy) is 1. The first-order valence-corrected chi connectivity index (χ1v) is 7.67. The van der Waals surface area contributed by atoms with E-state index in [9.17, 15) is 5.26 Å². The average Bonchev–Trinajstić information content (AvgIpc) is 2.56. The highest BCUT2D eigenvalue weighted by Gasteiger charge is 2.40. The fourth-order valence-corrected chi connectivity index (χ4v) is 3.54. The highest BCUT2D eigenvalue weighted by Crippen LogP contribution is 2.36. The van der Waals surface area contributed by atoms with Gasteiger partial charge in [0.05, 0.1) is 18.8 Å². The molecule has 2 aliphatic rings. The molecule has 106 valence electrons. The minimum atomic E-state index is -0.241. The maximum atomic E-state index is 9.72. The molecule has 0 bridgehead atoms. The van der Waals surface area contributed by atoms with Gasteiger partial charge in [-0.2, -0.15) is 5.26 Å². The van der Waals surface area contributed by atoms with E-state index in [2.05, 4.69) is 35.2 Å². The molecule has 0 radical (unpaired) electrons. The van der Waals surface area contributed by atoms with Gasteiger partial charge in [-0.3, -0.25) is 4.90 Å². The Morgan fingerprint density at radius 3 is 2.60 bits per heavy atom. The normalized spacial score (nSPS) is 26.9. The average molecular weight is 270 g/mol. The molecule has 0 aromatic heterocycles. The third-order valence-electron chi connectivity index (χ3n) is 4.73. The first kappa shape index (κ1) is 13.6. The van der Waals surface area contributed by atoms with Crippen LogP contribution in [0.3, 0.4) is 0 Å². The summed E-state index contributed by atoms with van der Waals surface area (Å²) in [6.07, 6.45) is 5.78. The summed E-state index contributed by atoms with van der Waals surface area (Å²) in [5, 5.41) is 9.72. The summed E-state index contributed by atoms with van der Waals surface area (Å²) in [6, 6.07) is 13.0. The molecule has 2 fully saturated rings. The van der Waals surface area contributed by atoms with Crippen LogP contribution in [-0.2, 0) is 4.74 Å². The van der Waals surface area contributed by atoms with Crippen LogP contribution in [0.4, 0.5) is 0 Å². The number of hydrogen-bond donors (Lipinski definition) is 0. The van der Waals surface area contributed by atoms with Crippen molar-refractivity contribution in [1.29, 1.82) is 5.26 Å². The number of morpholine rings is 1. The molecular formula is C17H22N2O. The first-order chi connectivity index (χ1) is 9.84. The second kappa shape index (κ2) is 5.95. The van der Waals surface area contributed by atoms with Gasteiger partial charge in [-0.25, -0.2) is 0 Å². The van der Waals surface area contributed by atoms with Gasteiger partial charge in [-0.05, 0) is 18.4 Å². The van der Waals surface area contributed by atoms with E-state index < -0.39 is 0 Å². The highest BCUT2D eigenvalue weighted by molar-refractivity contribution is 5.19. The number of benzene rings is 1. The van der Waals surface area contributed by atoms with E-state index >= 15 is 0 Å². The van der Waals surface area contributed by atoms with E-state index in [1.807, 2.05) is 6.07 Å². The molecule has 1 unspecified atom stereocenters. The Kier molecular flexibility index (Phi) is 4.05. The van der Waals surface area contributed by atoms with Gasteiger partial charge < -0.3 is 4.74 Å². The summed E-state index contributed by atoms with van der Waals surface area (Å²) in [4.78, 5) is 2.38. The molecular weight excluding hydrogens is 248 g/mol. The summed E-state index contributed by atoms with van der Waals surface area (Å²) < 4.78 is 5.92. The Labute approximate surface area is 121 Å². The van der Waals surface area contributed by atoms with Crippen molar-refractivity contribution in [2.75, 3.05) is 19.7 Å². The second-order valence-corrected chi connectivity index (χ2v) is 5.92. The highest BCUT2D eigenvalue weighted by atomic mass is 16.5. The zero-order chi connectivity index (χ0) is 13.8. The zero-order valence-electron chi connectivity index (χ0n) is 11.9. The molecule has 0 amide bonds. The van der Waals surface area contributed by atoms with Crippen LogP contribution in [0.25, 0.3) is 0 Å². The van der Waals surface area contributed by atoms with Crippen LogP contribution in [0.2, 0.25) is 0 Å². The molecule has 1 aliphatic heterocycles.